The van der Waals surface area contributed by atoms with E-state index < -0.39 is 22.0 Å². The molecule has 1 aliphatic rings. The monoisotopic (exact) mass is 389 g/mol. The minimum absolute atomic E-state index is 0.0445. The molecule has 27 heavy (non-hydrogen) atoms. The molecular formula is C18H19N3O5S. The van der Waals surface area contributed by atoms with Crippen LogP contribution in [0, 0.1) is 0 Å². The van der Waals surface area contributed by atoms with E-state index in [1.54, 1.807) is 30.3 Å². The van der Waals surface area contributed by atoms with E-state index in [2.05, 4.69) is 5.32 Å². The first-order chi connectivity index (χ1) is 12.8. The lowest BCUT2D eigenvalue weighted by atomic mass is 10.2. The Morgan fingerprint density at radius 2 is 1.85 bits per heavy atom. The van der Waals surface area contributed by atoms with Crippen molar-refractivity contribution in [2.24, 2.45) is 0 Å². The van der Waals surface area contributed by atoms with E-state index in [4.69, 9.17) is 4.74 Å². The predicted molar refractivity (Wildman–Crippen MR) is 100 cm³/mol. The molecule has 1 saturated heterocycles. The highest BCUT2D eigenvalue weighted by atomic mass is 32.2. The molecular weight excluding hydrogens is 370 g/mol. The number of hydrogen-bond acceptors (Lipinski definition) is 5. The molecule has 0 aromatic heterocycles. The number of cyclic esters (lactones) is 1. The zero-order chi connectivity index (χ0) is 19.6. The molecule has 0 bridgehead atoms. The van der Waals surface area contributed by atoms with Gasteiger partial charge in [-0.2, -0.15) is 0 Å². The van der Waals surface area contributed by atoms with E-state index in [1.165, 1.54) is 37.2 Å². The molecule has 0 saturated carbocycles. The highest BCUT2D eigenvalue weighted by molar-refractivity contribution is 7.89. The molecule has 2 amide bonds. The molecule has 0 atom stereocenters. The summed E-state index contributed by atoms with van der Waals surface area (Å²) in [5, 5.41) is 2.71. The Balaban J connectivity index is 1.75. The van der Waals surface area contributed by atoms with Crippen LogP contribution in [0.3, 0.4) is 0 Å². The molecule has 0 radical (unpaired) electrons. The molecule has 1 fully saturated rings. The van der Waals surface area contributed by atoms with Crippen LogP contribution in [0.25, 0.3) is 0 Å². The number of rotatable bonds is 5. The molecule has 3 rings (SSSR count). The van der Waals surface area contributed by atoms with E-state index >= 15 is 0 Å². The van der Waals surface area contributed by atoms with Crippen LogP contribution in [-0.2, 0) is 14.8 Å². The van der Waals surface area contributed by atoms with Crippen LogP contribution in [0.1, 0.15) is 10.4 Å². The summed E-state index contributed by atoms with van der Waals surface area (Å²) in [6, 6.07) is 12.6. The second-order valence-electron chi connectivity index (χ2n) is 6.08. The fraction of sp³-hybridized carbons (Fsp3) is 0.222. The number of carbonyl (C=O) groups is 2. The smallest absolute Gasteiger partial charge is 0.414 e. The summed E-state index contributed by atoms with van der Waals surface area (Å²) < 4.78 is 30.4. The Labute approximate surface area is 157 Å². The molecule has 142 valence electrons. The van der Waals surface area contributed by atoms with E-state index in [9.17, 15) is 18.0 Å². The summed E-state index contributed by atoms with van der Waals surface area (Å²) in [4.78, 5) is 25.6. The molecule has 2 aromatic carbocycles. The van der Waals surface area contributed by atoms with E-state index in [1.807, 2.05) is 0 Å². The van der Waals surface area contributed by atoms with Gasteiger partial charge in [0.05, 0.1) is 11.4 Å². The lowest BCUT2D eigenvalue weighted by Crippen LogP contribution is -2.23. The zero-order valence-electron chi connectivity index (χ0n) is 14.9. The summed E-state index contributed by atoms with van der Waals surface area (Å²) in [7, 11) is -0.761. The lowest BCUT2D eigenvalue weighted by molar-refractivity contribution is 0.102. The van der Waals surface area contributed by atoms with Crippen molar-refractivity contribution in [2.75, 3.05) is 37.5 Å². The number of benzene rings is 2. The minimum atomic E-state index is -3.62. The van der Waals surface area contributed by atoms with Gasteiger partial charge in [0.1, 0.15) is 6.61 Å². The zero-order valence-corrected chi connectivity index (χ0v) is 15.7. The van der Waals surface area contributed by atoms with Gasteiger partial charge in [-0.25, -0.2) is 17.5 Å². The normalized spacial score (nSPS) is 14.3. The molecule has 0 spiro atoms. The third-order valence-corrected chi connectivity index (χ3v) is 5.88. The average molecular weight is 389 g/mol. The molecule has 2 aromatic rings. The summed E-state index contributed by atoms with van der Waals surface area (Å²) in [5.74, 6) is -0.431. The topological polar surface area (TPSA) is 96.0 Å². The number of anilines is 2. The third-order valence-electron chi connectivity index (χ3n) is 4.07. The number of nitrogens with one attached hydrogen (secondary N) is 1. The largest absolute Gasteiger partial charge is 0.447 e. The number of carbonyl (C=O) groups excluding carboxylic acids is 2. The van der Waals surface area contributed by atoms with Crippen molar-refractivity contribution in [1.82, 2.24) is 4.31 Å². The lowest BCUT2D eigenvalue weighted by Gasteiger charge is -2.14. The van der Waals surface area contributed by atoms with Crippen molar-refractivity contribution in [3.8, 4) is 0 Å². The van der Waals surface area contributed by atoms with Gasteiger partial charge in [-0.3, -0.25) is 9.69 Å². The first-order valence-electron chi connectivity index (χ1n) is 8.17. The fourth-order valence-corrected chi connectivity index (χ4v) is 3.51. The maximum atomic E-state index is 12.5. The van der Waals surface area contributed by atoms with Crippen LogP contribution < -0.4 is 10.2 Å². The average Bonchev–Trinajstić information content (AvgIpc) is 3.08. The molecule has 1 aliphatic heterocycles. The quantitative estimate of drug-likeness (QED) is 0.845. The van der Waals surface area contributed by atoms with Crippen LogP contribution in [0.15, 0.2) is 53.4 Å². The van der Waals surface area contributed by atoms with Crippen LogP contribution in [0.4, 0.5) is 16.2 Å². The van der Waals surface area contributed by atoms with E-state index in [0.717, 1.165) is 4.31 Å². The number of nitrogens with zero attached hydrogens (tertiary/aromatic N) is 2. The van der Waals surface area contributed by atoms with Gasteiger partial charge in [-0.15, -0.1) is 0 Å². The predicted octanol–water partition coefficient (Wildman–Crippen LogP) is 2.15. The minimum Gasteiger partial charge on any atom is -0.447 e. The van der Waals surface area contributed by atoms with Crippen molar-refractivity contribution in [2.45, 2.75) is 4.90 Å². The molecule has 0 aliphatic carbocycles. The van der Waals surface area contributed by atoms with Crippen LogP contribution >= 0.6 is 0 Å². The number of hydrogen-bond donors (Lipinski definition) is 1. The van der Waals surface area contributed by atoms with Crippen molar-refractivity contribution >= 4 is 33.4 Å². The standard InChI is InChI=1S/C18H19N3O5S/c1-20(2)27(24,25)16-5-3-4-13(12-16)17(22)19-14-6-8-15(9-7-14)21-10-11-26-18(21)23/h3-9,12H,10-11H2,1-2H3,(H,19,22). The number of ether oxygens (including phenoxy) is 1. The van der Waals surface area contributed by atoms with Gasteiger partial charge in [0.2, 0.25) is 10.0 Å². The van der Waals surface area contributed by atoms with Gasteiger partial charge in [-0.1, -0.05) is 6.07 Å². The SMILES string of the molecule is CN(C)S(=O)(=O)c1cccc(C(=O)Nc2ccc(N3CCOC3=O)cc2)c1. The van der Waals surface area contributed by atoms with Gasteiger partial charge in [0.25, 0.3) is 5.91 Å². The van der Waals surface area contributed by atoms with Crippen LogP contribution in [0.5, 0.6) is 0 Å². The molecule has 1 N–H and O–H groups in total. The van der Waals surface area contributed by atoms with Crippen molar-refractivity contribution in [3.05, 3.63) is 54.1 Å². The van der Waals surface area contributed by atoms with Gasteiger partial charge >= 0.3 is 6.09 Å². The molecule has 0 unspecified atom stereocenters. The summed E-state index contributed by atoms with van der Waals surface area (Å²) in [5.41, 5.74) is 1.43. The highest BCUT2D eigenvalue weighted by Gasteiger charge is 2.23. The molecule has 9 heteroatoms. The van der Waals surface area contributed by atoms with Crippen molar-refractivity contribution in [1.29, 1.82) is 0 Å². The van der Waals surface area contributed by atoms with Gasteiger partial charge in [0, 0.05) is 31.0 Å². The van der Waals surface area contributed by atoms with Crippen molar-refractivity contribution < 1.29 is 22.7 Å². The van der Waals surface area contributed by atoms with Crippen molar-refractivity contribution in [3.63, 3.8) is 0 Å². The number of sulfonamides is 1. The maximum Gasteiger partial charge on any atom is 0.414 e. The Hall–Kier alpha value is -2.91. The highest BCUT2D eigenvalue weighted by Crippen LogP contribution is 2.22. The van der Waals surface area contributed by atoms with Crippen LogP contribution in [0.2, 0.25) is 0 Å². The summed E-state index contributed by atoms with van der Waals surface area (Å²) in [6.45, 7) is 0.835. The first kappa shape index (κ1) is 18.9. The molecule has 1 heterocycles. The maximum absolute atomic E-state index is 12.5. The number of amides is 2. The fourth-order valence-electron chi connectivity index (χ4n) is 2.56. The van der Waals surface area contributed by atoms with Gasteiger partial charge in [-0.05, 0) is 42.5 Å². The Bertz CT molecular complexity index is 971. The van der Waals surface area contributed by atoms with Crippen LogP contribution in [-0.4, -0.2) is 52.0 Å². The third kappa shape index (κ3) is 3.93. The first-order valence-corrected chi connectivity index (χ1v) is 9.61. The van der Waals surface area contributed by atoms with Gasteiger partial charge in [0.15, 0.2) is 0 Å². The van der Waals surface area contributed by atoms with Gasteiger partial charge < -0.3 is 10.1 Å². The Kier molecular flexibility index (Phi) is 5.15. The molecule has 8 nitrogen and oxygen atoms in total. The second-order valence-corrected chi connectivity index (χ2v) is 8.23. The van der Waals surface area contributed by atoms with E-state index in [-0.39, 0.29) is 10.5 Å². The summed E-state index contributed by atoms with van der Waals surface area (Å²) >= 11 is 0. The van der Waals surface area contributed by atoms with E-state index in [0.29, 0.717) is 24.5 Å². The summed E-state index contributed by atoms with van der Waals surface area (Å²) in [6.07, 6.45) is -0.397. The Morgan fingerprint density at radius 1 is 1.15 bits per heavy atom. The Morgan fingerprint density at radius 3 is 2.44 bits per heavy atom. The second kappa shape index (κ2) is 7.37.